The van der Waals surface area contributed by atoms with Crippen molar-refractivity contribution in [3.05, 3.63) is 83.3 Å². The fourth-order valence-electron chi connectivity index (χ4n) is 10.4. The van der Waals surface area contributed by atoms with Crippen LogP contribution >= 0.6 is 0 Å². The summed E-state index contributed by atoms with van der Waals surface area (Å²) < 4.78 is 0. The van der Waals surface area contributed by atoms with Crippen LogP contribution in [0.5, 0.6) is 0 Å². The number of imide groups is 1. The highest BCUT2D eigenvalue weighted by Gasteiger charge is 2.44. The van der Waals surface area contributed by atoms with Crippen LogP contribution in [0.2, 0.25) is 0 Å². The van der Waals surface area contributed by atoms with Crippen LogP contribution in [0.25, 0.3) is 0 Å². The molecule has 9 rings (SSSR count). The van der Waals surface area contributed by atoms with Crippen molar-refractivity contribution in [2.75, 3.05) is 94.2 Å². The highest BCUT2D eigenvalue weighted by molar-refractivity contribution is 6.23. The summed E-state index contributed by atoms with van der Waals surface area (Å²) in [4.78, 5) is 100. The van der Waals surface area contributed by atoms with Gasteiger partial charge in [0.1, 0.15) is 11.9 Å². The van der Waals surface area contributed by atoms with Crippen molar-refractivity contribution in [1.82, 2.24) is 39.8 Å². The standard InChI is InChI=1S/C48H60N12O6/c1-31-8-15-38(44(63)51-31)60-45(64)36-14-13-34(28-37(36)46(60)65)56-25-23-55(24-26-56)18-5-7-40(61)57-20-16-48(2,17-21-57)32-9-11-33(12-10-32)52-43-41(42(49)62)50-29-39(53-43)58-19-4-6-35(30-58)59-27-22-54(3)47(59)66/h9-14,28-29,35,38H,1,4-8,15-27,30H2,2-3H3,(H2,49,62)(H,51,63)(H,52,53)/t35-,38?/m1/s1. The molecule has 2 atom stereocenters. The van der Waals surface area contributed by atoms with Crippen LogP contribution in [0.3, 0.4) is 0 Å². The molecule has 3 aromatic rings. The molecule has 4 N–H and O–H groups in total. The topological polar surface area (TPSA) is 201 Å². The van der Waals surface area contributed by atoms with E-state index in [0.29, 0.717) is 68.1 Å². The molecule has 7 heterocycles. The van der Waals surface area contributed by atoms with E-state index in [1.807, 2.05) is 35.0 Å². The largest absolute Gasteiger partial charge is 0.369 e. The maximum atomic E-state index is 13.4. The fourth-order valence-corrected chi connectivity index (χ4v) is 10.4. The zero-order valence-corrected chi connectivity index (χ0v) is 38.0. The quantitative estimate of drug-likeness (QED) is 0.224. The predicted molar refractivity (Wildman–Crippen MR) is 249 cm³/mol. The Morgan fingerprint density at radius 1 is 0.894 bits per heavy atom. The van der Waals surface area contributed by atoms with Crippen molar-refractivity contribution < 1.29 is 28.8 Å². The van der Waals surface area contributed by atoms with Gasteiger partial charge < -0.3 is 40.9 Å². The maximum absolute atomic E-state index is 13.4. The molecule has 66 heavy (non-hydrogen) atoms. The molecule has 348 valence electrons. The number of hydrogen-bond acceptors (Lipinski definition) is 12. The third-order valence-electron chi connectivity index (χ3n) is 14.6. The van der Waals surface area contributed by atoms with Gasteiger partial charge in [-0.15, -0.1) is 0 Å². The third kappa shape index (κ3) is 8.89. The average molecular weight is 901 g/mol. The fraction of sp³-hybridized carbons (Fsp3) is 0.500. The summed E-state index contributed by atoms with van der Waals surface area (Å²) in [6, 6.07) is 12.8. The minimum atomic E-state index is -0.836. The number of piperazine rings is 1. The Balaban J connectivity index is 0.725. The number of piperidine rings is 3. The lowest BCUT2D eigenvalue weighted by molar-refractivity contribution is -0.133. The number of primary amides is 1. The summed E-state index contributed by atoms with van der Waals surface area (Å²) in [6.45, 7) is 14.2. The first-order valence-corrected chi connectivity index (χ1v) is 23.3. The first-order valence-electron chi connectivity index (χ1n) is 23.3. The second-order valence-electron chi connectivity index (χ2n) is 18.9. The predicted octanol–water partition coefficient (Wildman–Crippen LogP) is 3.53. The number of benzene rings is 2. The molecular formula is C48H60N12O6. The molecule has 1 aromatic heterocycles. The molecule has 0 spiro atoms. The molecule has 0 bridgehead atoms. The van der Waals surface area contributed by atoms with Gasteiger partial charge in [-0.3, -0.25) is 33.8 Å². The van der Waals surface area contributed by atoms with Crippen molar-refractivity contribution in [3.63, 3.8) is 0 Å². The van der Waals surface area contributed by atoms with Crippen molar-refractivity contribution in [2.45, 2.75) is 75.8 Å². The molecule has 7 amide bonds. The van der Waals surface area contributed by atoms with Gasteiger partial charge in [0.25, 0.3) is 17.7 Å². The van der Waals surface area contributed by atoms with E-state index >= 15 is 0 Å². The number of aromatic nitrogens is 2. The molecule has 6 aliphatic rings. The molecule has 5 fully saturated rings. The van der Waals surface area contributed by atoms with Gasteiger partial charge in [-0.1, -0.05) is 25.6 Å². The lowest BCUT2D eigenvalue weighted by Gasteiger charge is -2.40. The van der Waals surface area contributed by atoms with Gasteiger partial charge in [-0.05, 0) is 92.8 Å². The molecule has 0 aliphatic carbocycles. The van der Waals surface area contributed by atoms with E-state index in [2.05, 4.69) is 56.0 Å². The Morgan fingerprint density at radius 2 is 1.64 bits per heavy atom. The van der Waals surface area contributed by atoms with E-state index in [4.69, 9.17) is 10.7 Å². The summed E-state index contributed by atoms with van der Waals surface area (Å²) >= 11 is 0. The molecule has 6 aliphatic heterocycles. The number of fused-ring (bicyclic) bond motifs is 1. The van der Waals surface area contributed by atoms with Gasteiger partial charge in [0, 0.05) is 96.0 Å². The number of nitrogens with zero attached hydrogens (tertiary/aromatic N) is 9. The number of anilines is 4. The molecule has 18 heteroatoms. The minimum Gasteiger partial charge on any atom is -0.369 e. The molecular weight excluding hydrogens is 841 g/mol. The number of urea groups is 1. The van der Waals surface area contributed by atoms with Crippen molar-refractivity contribution in [2.24, 2.45) is 5.73 Å². The molecule has 1 unspecified atom stereocenters. The van der Waals surface area contributed by atoms with Crippen LogP contribution in [0.4, 0.5) is 27.8 Å². The Morgan fingerprint density at radius 3 is 2.33 bits per heavy atom. The number of allylic oxidation sites excluding steroid dienone is 1. The highest BCUT2D eigenvalue weighted by Crippen LogP contribution is 2.37. The van der Waals surface area contributed by atoms with Gasteiger partial charge in [-0.2, -0.15) is 0 Å². The van der Waals surface area contributed by atoms with Gasteiger partial charge in [0.15, 0.2) is 11.5 Å². The summed E-state index contributed by atoms with van der Waals surface area (Å²) in [5.74, 6) is -0.821. The van der Waals surface area contributed by atoms with E-state index in [1.165, 1.54) is 5.56 Å². The summed E-state index contributed by atoms with van der Waals surface area (Å²) in [6.07, 6.45) is 7.25. The number of nitrogens with one attached hydrogen (secondary N) is 2. The number of carbonyl (C=O) groups is 6. The van der Waals surface area contributed by atoms with E-state index in [9.17, 15) is 28.8 Å². The lowest BCUT2D eigenvalue weighted by Crippen LogP contribution is -2.51. The Labute approximate surface area is 385 Å². The van der Waals surface area contributed by atoms with E-state index in [1.54, 1.807) is 23.2 Å². The number of hydrogen-bond donors (Lipinski definition) is 3. The lowest BCUT2D eigenvalue weighted by atomic mass is 9.74. The zero-order valence-electron chi connectivity index (χ0n) is 38.0. The van der Waals surface area contributed by atoms with Gasteiger partial charge in [0.05, 0.1) is 23.4 Å². The monoisotopic (exact) mass is 900 g/mol. The van der Waals surface area contributed by atoms with Gasteiger partial charge in [-0.25, -0.2) is 14.8 Å². The summed E-state index contributed by atoms with van der Waals surface area (Å²) in [5.41, 5.74) is 9.74. The van der Waals surface area contributed by atoms with Crippen LogP contribution in [0.1, 0.15) is 95.1 Å². The number of likely N-dealkylation sites (N-methyl/N-ethyl adjacent to an activating group) is 1. The minimum absolute atomic E-state index is 0.0533. The molecule has 0 radical (unpaired) electrons. The third-order valence-corrected chi connectivity index (χ3v) is 14.6. The Hall–Kier alpha value is -6.56. The maximum Gasteiger partial charge on any atom is 0.320 e. The number of amides is 7. The highest BCUT2D eigenvalue weighted by atomic mass is 16.2. The van der Waals surface area contributed by atoms with Crippen LogP contribution in [0.15, 0.2) is 60.9 Å². The van der Waals surface area contributed by atoms with Gasteiger partial charge in [0.2, 0.25) is 11.8 Å². The molecule has 5 saturated heterocycles. The van der Waals surface area contributed by atoms with E-state index in [-0.39, 0.29) is 40.8 Å². The van der Waals surface area contributed by atoms with E-state index in [0.717, 1.165) is 94.2 Å². The summed E-state index contributed by atoms with van der Waals surface area (Å²) in [5, 5.41) is 5.96. The normalized spacial score (nSPS) is 22.5. The molecule has 2 aromatic carbocycles. The molecule has 18 nitrogen and oxygen atoms in total. The number of carbonyl (C=O) groups excluding carboxylic acids is 6. The first-order chi connectivity index (χ1) is 31.8. The smallest absolute Gasteiger partial charge is 0.320 e. The van der Waals surface area contributed by atoms with Crippen molar-refractivity contribution in [1.29, 1.82) is 0 Å². The number of nitrogens with two attached hydrogens (primary N) is 1. The van der Waals surface area contributed by atoms with Crippen molar-refractivity contribution >= 4 is 58.6 Å². The summed E-state index contributed by atoms with van der Waals surface area (Å²) in [7, 11) is 1.83. The number of likely N-dealkylation sites (tertiary alicyclic amines) is 1. The van der Waals surface area contributed by atoms with Crippen LogP contribution in [0, 0.1) is 0 Å². The van der Waals surface area contributed by atoms with Crippen LogP contribution in [-0.2, 0) is 15.0 Å². The van der Waals surface area contributed by atoms with Crippen molar-refractivity contribution in [3.8, 4) is 0 Å². The Bertz CT molecular complexity index is 2430. The van der Waals surface area contributed by atoms with Gasteiger partial charge >= 0.3 is 6.03 Å². The molecule has 0 saturated carbocycles. The average Bonchev–Trinajstić information content (AvgIpc) is 3.78. The second-order valence-corrected chi connectivity index (χ2v) is 18.9. The zero-order chi connectivity index (χ0) is 46.3. The van der Waals surface area contributed by atoms with Crippen LogP contribution in [-0.4, -0.2) is 161 Å². The Kier molecular flexibility index (Phi) is 12.4. The van der Waals surface area contributed by atoms with E-state index < -0.39 is 23.8 Å². The number of rotatable bonds is 12. The SMILES string of the molecule is C=C1CCC(N2C(=O)c3ccc(N4CCN(CCCC(=O)N5CCC(C)(c6ccc(Nc7nc(N8CCC[C@@H](N9CCN(C)C9=O)C8)cnc7C(N)=O)cc6)CC5)CC4)cc3C2=O)C(=O)N1. The first kappa shape index (κ1) is 44.6. The second kappa shape index (κ2) is 18.4. The van der Waals surface area contributed by atoms with Crippen LogP contribution < -0.4 is 26.2 Å².